The van der Waals surface area contributed by atoms with Crippen molar-refractivity contribution in [2.75, 3.05) is 38.7 Å². The van der Waals surface area contributed by atoms with Gasteiger partial charge in [0.05, 0.1) is 24.4 Å². The van der Waals surface area contributed by atoms with Crippen LogP contribution in [0.2, 0.25) is 0 Å². The zero-order valence-electron chi connectivity index (χ0n) is 24.6. The molecule has 0 bridgehead atoms. The smallest absolute Gasteiger partial charge is 0.330 e. The van der Waals surface area contributed by atoms with Gasteiger partial charge in [-0.05, 0) is 37.0 Å². The Morgan fingerprint density at radius 1 is 1.02 bits per heavy atom. The van der Waals surface area contributed by atoms with Crippen molar-refractivity contribution < 1.29 is 41.5 Å². The fourth-order valence-corrected chi connectivity index (χ4v) is 4.67. The van der Waals surface area contributed by atoms with Crippen molar-refractivity contribution in [3.05, 3.63) is 90.7 Å². The van der Waals surface area contributed by atoms with Crippen molar-refractivity contribution >= 4 is 28.1 Å². The Kier molecular flexibility index (Phi) is 12.9. The number of carbonyl (C=O) groups excluding carboxylic acids is 2. The van der Waals surface area contributed by atoms with Crippen LogP contribution in [0.25, 0.3) is 6.08 Å². The van der Waals surface area contributed by atoms with E-state index in [1.54, 1.807) is 0 Å². The Morgan fingerprint density at radius 3 is 2.05 bits per heavy atom. The number of allylic oxidation sites excluding steroid dienone is 3. The second kappa shape index (κ2) is 16.4. The summed E-state index contributed by atoms with van der Waals surface area (Å²) in [5, 5.41) is 0. The first-order valence-corrected chi connectivity index (χ1v) is 15.9. The van der Waals surface area contributed by atoms with Gasteiger partial charge in [0.25, 0.3) is 10.1 Å². The molecule has 0 aromatic heterocycles. The molecule has 0 spiro atoms. The summed E-state index contributed by atoms with van der Waals surface area (Å²) < 4.78 is 49.3. The van der Waals surface area contributed by atoms with Gasteiger partial charge >= 0.3 is 11.9 Å². The molecule has 2 heterocycles. The van der Waals surface area contributed by atoms with Gasteiger partial charge in [0.15, 0.2) is 6.29 Å². The number of rotatable bonds is 11. The number of nitrogens with zero attached hydrogens (tertiary/aromatic N) is 1. The summed E-state index contributed by atoms with van der Waals surface area (Å²) in [6, 6.07) is 8.69. The van der Waals surface area contributed by atoms with E-state index in [0.29, 0.717) is 6.04 Å². The van der Waals surface area contributed by atoms with Crippen LogP contribution in [0, 0.1) is 5.41 Å². The minimum absolute atomic E-state index is 0.0263. The largest absolute Gasteiger partial charge is 0.462 e. The van der Waals surface area contributed by atoms with Crippen molar-refractivity contribution in [3.8, 4) is 0 Å². The molecule has 1 aliphatic carbocycles. The molecule has 2 aliphatic heterocycles. The highest BCUT2D eigenvalue weighted by Gasteiger charge is 2.40. The zero-order chi connectivity index (χ0) is 31.3. The van der Waals surface area contributed by atoms with Gasteiger partial charge in [-0.15, -0.1) is 0 Å². The highest BCUT2D eigenvalue weighted by atomic mass is 32.2. The van der Waals surface area contributed by atoms with Gasteiger partial charge in [-0.1, -0.05) is 68.5 Å². The lowest BCUT2D eigenvalue weighted by molar-refractivity contribution is -0.251. The summed E-state index contributed by atoms with van der Waals surface area (Å²) in [6.45, 7) is 9.47. The summed E-state index contributed by atoms with van der Waals surface area (Å²) >= 11 is 0. The molecule has 1 aromatic carbocycles. The van der Waals surface area contributed by atoms with Gasteiger partial charge in [0, 0.05) is 36.5 Å². The minimum atomic E-state index is -3.66. The summed E-state index contributed by atoms with van der Waals surface area (Å²) in [4.78, 5) is 25.6. The molecule has 2 fully saturated rings. The van der Waals surface area contributed by atoms with Crippen LogP contribution in [0.3, 0.4) is 0 Å². The van der Waals surface area contributed by atoms with Gasteiger partial charge in [-0.2, -0.15) is 8.42 Å². The van der Waals surface area contributed by atoms with Crippen molar-refractivity contribution in [3.63, 3.8) is 0 Å². The molecule has 0 amide bonds. The predicted molar refractivity (Wildman–Crippen MR) is 163 cm³/mol. The molecule has 4 rings (SSSR count). The van der Waals surface area contributed by atoms with Crippen LogP contribution in [0.4, 0.5) is 0 Å². The van der Waals surface area contributed by atoms with Crippen molar-refractivity contribution in [1.82, 2.24) is 4.90 Å². The third-order valence-corrected chi connectivity index (χ3v) is 8.02. The Hall–Kier alpha value is -3.51. The Balaban J connectivity index is 0.000000765. The van der Waals surface area contributed by atoms with Crippen LogP contribution in [-0.2, 0) is 38.7 Å². The van der Waals surface area contributed by atoms with E-state index in [1.165, 1.54) is 38.2 Å². The first-order chi connectivity index (χ1) is 20.6. The molecule has 0 radical (unpaired) electrons. The van der Waals surface area contributed by atoms with E-state index in [1.807, 2.05) is 24.3 Å². The van der Waals surface area contributed by atoms with E-state index in [-0.39, 0.29) is 32.2 Å². The van der Waals surface area contributed by atoms with E-state index in [4.69, 9.17) is 23.5 Å². The topological polar surface area (TPSA) is 129 Å². The van der Waals surface area contributed by atoms with Crippen molar-refractivity contribution in [2.45, 2.75) is 44.9 Å². The Morgan fingerprint density at radius 2 is 1.58 bits per heavy atom. The molecular weight excluding hydrogens is 574 g/mol. The predicted octanol–water partition coefficient (Wildman–Crippen LogP) is 4.78. The number of hydrogen-bond acceptors (Lipinski definition) is 9. The second-order valence-corrected chi connectivity index (χ2v) is 12.3. The molecule has 43 heavy (non-hydrogen) atoms. The van der Waals surface area contributed by atoms with Crippen LogP contribution in [-0.4, -0.2) is 74.6 Å². The maximum atomic E-state index is 11.6. The monoisotopic (exact) mass is 615 g/mol. The lowest BCUT2D eigenvalue weighted by Crippen LogP contribution is -2.46. The minimum Gasteiger partial charge on any atom is -0.462 e. The fourth-order valence-electron chi connectivity index (χ4n) is 4.67. The third-order valence-electron chi connectivity index (χ3n) is 7.29. The normalized spacial score (nSPS) is 18.8. The number of carbonyl (C=O) groups is 2. The molecule has 11 heteroatoms. The molecule has 0 atom stereocenters. The standard InChI is InChI=1S/C30H35NO6.C2H6O3S/c1-3-27(32)34-19-30(20-35-28(33)4-2)21-36-29(37-22-30)25-13-11-23(12-14-25)9-10-24-15-17-31(18-16-24)26-7-5-6-8-26;1-2-6(3,4)5/h3-4,9-17,26,29H,1-2,5-8,18-22H2;2H2,1H3,(H,3,4,5). The highest BCUT2D eigenvalue weighted by Crippen LogP contribution is 2.33. The molecule has 0 unspecified atom stereocenters. The molecule has 1 N–H and O–H groups in total. The Bertz CT molecular complexity index is 1270. The molecule has 3 aliphatic rings. The first kappa shape index (κ1) is 34.0. The van der Waals surface area contributed by atoms with E-state index >= 15 is 0 Å². The third kappa shape index (κ3) is 11.3. The van der Waals surface area contributed by atoms with Crippen LogP contribution >= 0.6 is 0 Å². The van der Waals surface area contributed by atoms with Crippen LogP contribution in [0.1, 0.15) is 50.0 Å². The molecule has 1 saturated carbocycles. The lowest BCUT2D eigenvalue weighted by Gasteiger charge is -2.38. The number of hydrogen-bond donors (Lipinski definition) is 1. The average molecular weight is 616 g/mol. The van der Waals surface area contributed by atoms with E-state index in [9.17, 15) is 18.0 Å². The summed E-state index contributed by atoms with van der Waals surface area (Å²) in [5.41, 5.74) is 2.35. The molecule has 1 saturated heterocycles. The van der Waals surface area contributed by atoms with Crippen LogP contribution < -0.4 is 0 Å². The van der Waals surface area contributed by atoms with Gasteiger partial charge in [0.2, 0.25) is 0 Å². The molecule has 234 valence electrons. The second-order valence-electron chi connectivity index (χ2n) is 10.6. The quantitative estimate of drug-likeness (QED) is 0.211. The fraction of sp³-hybridized carbons (Fsp3) is 0.438. The van der Waals surface area contributed by atoms with Crippen LogP contribution in [0.5, 0.6) is 0 Å². The molecule has 1 aromatic rings. The maximum Gasteiger partial charge on any atom is 0.330 e. The summed E-state index contributed by atoms with van der Waals surface area (Å²) in [5.74, 6) is -1.33. The van der Waals surface area contributed by atoms with Crippen molar-refractivity contribution in [1.29, 1.82) is 0 Å². The van der Waals surface area contributed by atoms with Gasteiger partial charge in [0.1, 0.15) is 13.2 Å². The number of benzene rings is 1. The van der Waals surface area contributed by atoms with Gasteiger partial charge in [-0.3, -0.25) is 4.55 Å². The zero-order valence-corrected chi connectivity index (χ0v) is 25.4. The summed E-state index contributed by atoms with van der Waals surface area (Å²) in [6.07, 6.45) is 17.8. The van der Waals surface area contributed by atoms with Crippen LogP contribution in [0.15, 0.2) is 79.6 Å². The number of esters is 2. The highest BCUT2D eigenvalue weighted by molar-refractivity contribution is 7.85. The lowest BCUT2D eigenvalue weighted by atomic mass is 9.91. The van der Waals surface area contributed by atoms with Crippen molar-refractivity contribution in [2.24, 2.45) is 5.41 Å². The van der Waals surface area contributed by atoms with E-state index in [0.717, 1.165) is 29.8 Å². The summed E-state index contributed by atoms with van der Waals surface area (Å²) in [7, 11) is -3.66. The van der Waals surface area contributed by atoms with E-state index < -0.39 is 33.8 Å². The SMILES string of the molecule is C=CC(=O)OCC1(COC(=O)C=C)COC(c2ccc(C=CC3=CCN(C4CCCC4)C=C3)cc2)OC1.CCS(=O)(=O)O. The van der Waals surface area contributed by atoms with E-state index in [2.05, 4.69) is 48.6 Å². The van der Waals surface area contributed by atoms with Gasteiger partial charge in [-0.25, -0.2) is 9.59 Å². The van der Waals surface area contributed by atoms with Gasteiger partial charge < -0.3 is 23.8 Å². The maximum absolute atomic E-state index is 11.6. The molecular formula is C32H41NO9S. The first-order valence-electron chi connectivity index (χ1n) is 14.3. The average Bonchev–Trinajstić information content (AvgIpc) is 3.58. The molecule has 10 nitrogen and oxygen atoms in total. The number of ether oxygens (including phenoxy) is 4. The Labute approximate surface area is 254 Å².